The molecule has 25 heavy (non-hydrogen) atoms. The molecule has 0 aromatic heterocycles. The van der Waals surface area contributed by atoms with Crippen molar-refractivity contribution in [3.05, 3.63) is 94.5 Å². The highest BCUT2D eigenvalue weighted by Crippen LogP contribution is 2.26. The summed E-state index contributed by atoms with van der Waals surface area (Å²) < 4.78 is 5.29. The molecule has 2 nitrogen and oxygen atoms in total. The average molecular weight is 369 g/mol. The highest BCUT2D eigenvalue weighted by molar-refractivity contribution is 6.37. The Kier molecular flexibility index (Phi) is 5.54. The van der Waals surface area contributed by atoms with Crippen molar-refractivity contribution in [3.63, 3.8) is 0 Å². The normalized spacial score (nSPS) is 10.8. The quantitative estimate of drug-likeness (QED) is 0.307. The van der Waals surface area contributed by atoms with Crippen LogP contribution in [0.25, 0.3) is 17.2 Å². The van der Waals surface area contributed by atoms with Gasteiger partial charge in [-0.3, -0.25) is 0 Å². The summed E-state index contributed by atoms with van der Waals surface area (Å²) >= 11 is 12.1. The zero-order valence-corrected chi connectivity index (χ0v) is 14.7. The first kappa shape index (κ1) is 17.3. The second kappa shape index (κ2) is 8.02. The molecule has 0 aliphatic carbocycles. The summed E-state index contributed by atoms with van der Waals surface area (Å²) in [6.07, 6.45) is 2.85. The van der Waals surface area contributed by atoms with Gasteiger partial charge in [-0.25, -0.2) is 4.79 Å². The van der Waals surface area contributed by atoms with E-state index >= 15 is 0 Å². The summed E-state index contributed by atoms with van der Waals surface area (Å²) in [5.74, 6) is -0.0250. The van der Waals surface area contributed by atoms with Gasteiger partial charge in [-0.2, -0.15) is 0 Å². The van der Waals surface area contributed by atoms with Crippen LogP contribution in [0.5, 0.6) is 5.75 Å². The van der Waals surface area contributed by atoms with Gasteiger partial charge >= 0.3 is 5.97 Å². The maximum atomic E-state index is 12.0. The number of rotatable bonds is 4. The third-order valence-corrected chi connectivity index (χ3v) is 4.22. The van der Waals surface area contributed by atoms with E-state index < -0.39 is 5.97 Å². The van der Waals surface area contributed by atoms with E-state index in [1.165, 1.54) is 6.08 Å². The van der Waals surface area contributed by atoms with Crippen LogP contribution in [0.1, 0.15) is 5.56 Å². The molecule has 0 aliphatic rings. The van der Waals surface area contributed by atoms with Crippen molar-refractivity contribution < 1.29 is 9.53 Å². The number of ether oxygens (including phenoxy) is 1. The number of benzene rings is 3. The lowest BCUT2D eigenvalue weighted by molar-refractivity contribution is -0.128. The van der Waals surface area contributed by atoms with Gasteiger partial charge in [0.25, 0.3) is 0 Å². The molecule has 0 heterocycles. The molecule has 0 atom stereocenters. The Morgan fingerprint density at radius 3 is 2.00 bits per heavy atom. The van der Waals surface area contributed by atoms with Gasteiger partial charge in [-0.15, -0.1) is 0 Å². The summed E-state index contributed by atoms with van der Waals surface area (Å²) in [7, 11) is 0. The number of esters is 1. The van der Waals surface area contributed by atoms with Gasteiger partial charge in [0.15, 0.2) is 0 Å². The van der Waals surface area contributed by atoms with Gasteiger partial charge in [0.2, 0.25) is 0 Å². The van der Waals surface area contributed by atoms with Crippen LogP contribution in [0.15, 0.2) is 78.9 Å². The Bertz CT molecular complexity index is 881. The Labute approximate surface area is 156 Å². The summed E-state index contributed by atoms with van der Waals surface area (Å²) in [6.45, 7) is 0. The first-order chi connectivity index (χ1) is 12.1. The zero-order valence-electron chi connectivity index (χ0n) is 13.2. The van der Waals surface area contributed by atoms with Gasteiger partial charge in [-0.1, -0.05) is 71.7 Å². The van der Waals surface area contributed by atoms with Crippen molar-refractivity contribution in [2.24, 2.45) is 0 Å². The average Bonchev–Trinajstić information content (AvgIpc) is 2.63. The van der Waals surface area contributed by atoms with Gasteiger partial charge in [0.1, 0.15) is 5.75 Å². The molecular weight excluding hydrogens is 355 g/mol. The lowest BCUT2D eigenvalue weighted by atomic mass is 10.1. The molecule has 0 N–H and O–H groups in total. The Balaban J connectivity index is 1.68. The van der Waals surface area contributed by atoms with Crippen LogP contribution < -0.4 is 4.74 Å². The summed E-state index contributed by atoms with van der Waals surface area (Å²) in [6, 6.07) is 22.5. The zero-order chi connectivity index (χ0) is 17.6. The molecule has 3 aromatic carbocycles. The van der Waals surface area contributed by atoms with E-state index in [9.17, 15) is 4.79 Å². The maximum Gasteiger partial charge on any atom is 0.336 e. The third-order valence-electron chi connectivity index (χ3n) is 3.57. The molecule has 3 aromatic rings. The summed E-state index contributed by atoms with van der Waals surface area (Å²) in [4.78, 5) is 12.0. The second-order valence-corrected chi connectivity index (χ2v) is 6.09. The molecule has 0 radical (unpaired) electrons. The van der Waals surface area contributed by atoms with Crippen LogP contribution in [0.4, 0.5) is 0 Å². The van der Waals surface area contributed by atoms with Crippen LogP contribution in [-0.2, 0) is 4.79 Å². The first-order valence-corrected chi connectivity index (χ1v) is 8.38. The van der Waals surface area contributed by atoms with E-state index in [0.29, 0.717) is 21.4 Å². The minimum Gasteiger partial charge on any atom is -0.423 e. The van der Waals surface area contributed by atoms with E-state index in [1.54, 1.807) is 36.4 Å². The number of carbonyl (C=O) groups is 1. The van der Waals surface area contributed by atoms with E-state index in [0.717, 1.165) is 11.1 Å². The maximum absolute atomic E-state index is 12.0. The molecule has 0 spiro atoms. The SMILES string of the molecule is O=C(/C=C/c1c(Cl)cccc1Cl)Oc1ccc(-c2ccccc2)cc1. The van der Waals surface area contributed by atoms with E-state index in [2.05, 4.69) is 0 Å². The van der Waals surface area contributed by atoms with E-state index in [-0.39, 0.29) is 0 Å². The van der Waals surface area contributed by atoms with E-state index in [4.69, 9.17) is 27.9 Å². The highest BCUT2D eigenvalue weighted by atomic mass is 35.5. The Morgan fingerprint density at radius 1 is 0.760 bits per heavy atom. The van der Waals surface area contributed by atoms with Crippen molar-refractivity contribution in [2.75, 3.05) is 0 Å². The molecule has 0 saturated heterocycles. The number of hydrogen-bond acceptors (Lipinski definition) is 2. The topological polar surface area (TPSA) is 26.3 Å². The van der Waals surface area contributed by atoms with Crippen LogP contribution in [0.3, 0.4) is 0 Å². The van der Waals surface area contributed by atoms with Crippen molar-refractivity contribution in [1.82, 2.24) is 0 Å². The molecule has 0 unspecified atom stereocenters. The predicted octanol–water partition coefficient (Wildman–Crippen LogP) is 6.28. The molecule has 0 fully saturated rings. The van der Waals surface area contributed by atoms with Gasteiger partial charge in [0, 0.05) is 21.7 Å². The standard InChI is InChI=1S/C21H14Cl2O2/c22-19-7-4-8-20(23)18(19)13-14-21(24)25-17-11-9-16(10-12-17)15-5-2-1-3-6-15/h1-14H/b14-13+. The molecule has 0 saturated carbocycles. The Morgan fingerprint density at radius 2 is 1.36 bits per heavy atom. The lowest BCUT2D eigenvalue weighted by Crippen LogP contribution is -2.03. The highest BCUT2D eigenvalue weighted by Gasteiger charge is 2.05. The van der Waals surface area contributed by atoms with Gasteiger partial charge < -0.3 is 4.74 Å². The summed E-state index contributed by atoms with van der Waals surface area (Å²) in [5, 5.41) is 0.951. The molecular formula is C21H14Cl2O2. The first-order valence-electron chi connectivity index (χ1n) is 7.63. The van der Waals surface area contributed by atoms with Crippen LogP contribution >= 0.6 is 23.2 Å². The van der Waals surface area contributed by atoms with Crippen LogP contribution in [0.2, 0.25) is 10.0 Å². The molecule has 0 aliphatic heterocycles. The fourth-order valence-corrected chi connectivity index (χ4v) is 2.84. The predicted molar refractivity (Wildman–Crippen MR) is 103 cm³/mol. The fraction of sp³-hybridized carbons (Fsp3) is 0. The van der Waals surface area contributed by atoms with Crippen LogP contribution in [0, 0.1) is 0 Å². The number of halogens is 2. The van der Waals surface area contributed by atoms with Crippen LogP contribution in [-0.4, -0.2) is 5.97 Å². The minimum absolute atomic E-state index is 0.472. The smallest absolute Gasteiger partial charge is 0.336 e. The minimum atomic E-state index is -0.497. The molecule has 4 heteroatoms. The largest absolute Gasteiger partial charge is 0.423 e. The van der Waals surface area contributed by atoms with Gasteiger partial charge in [-0.05, 0) is 41.5 Å². The Hall–Kier alpha value is -2.55. The fourth-order valence-electron chi connectivity index (χ4n) is 2.32. The molecule has 124 valence electrons. The second-order valence-electron chi connectivity index (χ2n) is 5.28. The van der Waals surface area contributed by atoms with Crippen molar-refractivity contribution in [1.29, 1.82) is 0 Å². The van der Waals surface area contributed by atoms with Gasteiger partial charge in [0.05, 0.1) is 0 Å². The van der Waals surface area contributed by atoms with Crippen molar-refractivity contribution in [3.8, 4) is 16.9 Å². The third kappa shape index (κ3) is 4.50. The number of carbonyl (C=O) groups excluding carboxylic acids is 1. The molecule has 3 rings (SSSR count). The molecule has 0 amide bonds. The lowest BCUT2D eigenvalue weighted by Gasteiger charge is -2.05. The monoisotopic (exact) mass is 368 g/mol. The summed E-state index contributed by atoms with van der Waals surface area (Å²) in [5.41, 5.74) is 2.75. The molecule has 0 bridgehead atoms. The van der Waals surface area contributed by atoms with Crippen molar-refractivity contribution in [2.45, 2.75) is 0 Å². The number of hydrogen-bond donors (Lipinski definition) is 0. The van der Waals surface area contributed by atoms with Crippen molar-refractivity contribution >= 4 is 35.2 Å². The van der Waals surface area contributed by atoms with E-state index in [1.807, 2.05) is 42.5 Å².